The van der Waals surface area contributed by atoms with Crippen LogP contribution in [0.1, 0.15) is 29.8 Å². The smallest absolute Gasteiger partial charge is 0.257 e. The van der Waals surface area contributed by atoms with E-state index >= 15 is 0 Å². The van der Waals surface area contributed by atoms with E-state index in [2.05, 4.69) is 15.5 Å². The van der Waals surface area contributed by atoms with Crippen molar-refractivity contribution in [3.8, 4) is 0 Å². The van der Waals surface area contributed by atoms with E-state index < -0.39 is 10.0 Å². The van der Waals surface area contributed by atoms with Crippen LogP contribution in [0.25, 0.3) is 0 Å². The lowest BCUT2D eigenvalue weighted by Crippen LogP contribution is -2.30. The van der Waals surface area contributed by atoms with E-state index in [-0.39, 0.29) is 10.8 Å². The fourth-order valence-electron chi connectivity index (χ4n) is 2.75. The van der Waals surface area contributed by atoms with E-state index in [0.29, 0.717) is 34.6 Å². The SMILES string of the molecule is CCN(CC)S(=O)(=O)c1ccc(C(=O)Nc2nnc(SCc3cccc(Cl)c3)s2)cc1. The fraction of sp³-hybridized carbons (Fsp3) is 0.250. The van der Waals surface area contributed by atoms with Crippen molar-refractivity contribution in [3.63, 3.8) is 0 Å². The first-order chi connectivity index (χ1) is 14.8. The van der Waals surface area contributed by atoms with Gasteiger partial charge in [-0.15, -0.1) is 10.2 Å². The molecule has 0 aliphatic heterocycles. The molecule has 0 aliphatic carbocycles. The lowest BCUT2D eigenvalue weighted by Gasteiger charge is -2.18. The molecule has 1 N–H and O–H groups in total. The van der Waals surface area contributed by atoms with Gasteiger partial charge in [-0.25, -0.2) is 8.42 Å². The largest absolute Gasteiger partial charge is 0.296 e. The predicted molar refractivity (Wildman–Crippen MR) is 125 cm³/mol. The third-order valence-electron chi connectivity index (χ3n) is 4.34. The minimum absolute atomic E-state index is 0.156. The molecule has 2 aromatic carbocycles. The van der Waals surface area contributed by atoms with Crippen LogP contribution >= 0.6 is 34.7 Å². The van der Waals surface area contributed by atoms with E-state index in [0.717, 1.165) is 9.90 Å². The van der Waals surface area contributed by atoms with E-state index in [1.54, 1.807) is 13.8 Å². The molecule has 0 saturated heterocycles. The summed E-state index contributed by atoms with van der Waals surface area (Å²) in [6, 6.07) is 13.4. The number of carbonyl (C=O) groups is 1. The highest BCUT2D eigenvalue weighted by molar-refractivity contribution is 8.00. The van der Waals surface area contributed by atoms with Gasteiger partial charge in [-0.1, -0.05) is 60.7 Å². The number of hydrogen-bond acceptors (Lipinski definition) is 7. The number of halogens is 1. The van der Waals surface area contributed by atoms with E-state index in [1.165, 1.54) is 51.7 Å². The number of rotatable bonds is 9. The zero-order chi connectivity index (χ0) is 22.4. The molecule has 0 saturated carbocycles. The molecular formula is C20H21ClN4O3S3. The summed E-state index contributed by atoms with van der Waals surface area (Å²) in [5.74, 6) is 0.306. The summed E-state index contributed by atoms with van der Waals surface area (Å²) in [6.45, 7) is 4.34. The average molecular weight is 497 g/mol. The van der Waals surface area contributed by atoms with Gasteiger partial charge in [0.2, 0.25) is 15.2 Å². The summed E-state index contributed by atoms with van der Waals surface area (Å²) in [6.07, 6.45) is 0. The molecule has 3 aromatic rings. The Labute approximate surface area is 194 Å². The highest BCUT2D eigenvalue weighted by Gasteiger charge is 2.21. The first kappa shape index (κ1) is 23.7. The number of benzene rings is 2. The molecule has 1 aromatic heterocycles. The van der Waals surface area contributed by atoms with Gasteiger partial charge in [0.05, 0.1) is 4.90 Å². The van der Waals surface area contributed by atoms with Crippen molar-refractivity contribution < 1.29 is 13.2 Å². The normalized spacial score (nSPS) is 11.6. The zero-order valence-electron chi connectivity index (χ0n) is 16.9. The van der Waals surface area contributed by atoms with Gasteiger partial charge in [0.1, 0.15) is 0 Å². The number of nitrogens with one attached hydrogen (secondary N) is 1. The van der Waals surface area contributed by atoms with Crippen LogP contribution in [-0.2, 0) is 15.8 Å². The molecule has 7 nitrogen and oxygen atoms in total. The third-order valence-corrected chi connectivity index (χ3v) is 8.68. The predicted octanol–water partition coefficient (Wildman–Crippen LogP) is 4.77. The van der Waals surface area contributed by atoms with Gasteiger partial charge in [-0.2, -0.15) is 4.31 Å². The van der Waals surface area contributed by atoms with E-state index in [1.807, 2.05) is 24.3 Å². The number of aromatic nitrogens is 2. The number of hydrogen-bond donors (Lipinski definition) is 1. The minimum Gasteiger partial charge on any atom is -0.296 e. The van der Waals surface area contributed by atoms with Crippen molar-refractivity contribution in [2.75, 3.05) is 18.4 Å². The number of carbonyl (C=O) groups excluding carboxylic acids is 1. The molecule has 0 radical (unpaired) electrons. The molecule has 0 aliphatic rings. The van der Waals surface area contributed by atoms with Gasteiger partial charge in [0, 0.05) is 29.4 Å². The Balaban J connectivity index is 1.62. The van der Waals surface area contributed by atoms with Crippen LogP contribution in [0.15, 0.2) is 57.8 Å². The summed E-state index contributed by atoms with van der Waals surface area (Å²) >= 11 is 8.76. The molecule has 0 atom stereocenters. The van der Waals surface area contributed by atoms with Crippen LogP contribution in [0.3, 0.4) is 0 Å². The maximum Gasteiger partial charge on any atom is 0.257 e. The molecule has 31 heavy (non-hydrogen) atoms. The van der Waals surface area contributed by atoms with Crippen molar-refractivity contribution in [3.05, 3.63) is 64.7 Å². The van der Waals surface area contributed by atoms with Crippen molar-refractivity contribution in [2.24, 2.45) is 0 Å². The number of nitrogens with zero attached hydrogens (tertiary/aromatic N) is 3. The van der Waals surface area contributed by atoms with Gasteiger partial charge in [-0.3, -0.25) is 10.1 Å². The Morgan fingerprint density at radius 1 is 1.13 bits per heavy atom. The molecule has 164 valence electrons. The molecule has 0 spiro atoms. The quantitative estimate of drug-likeness (QED) is 0.339. The molecule has 3 rings (SSSR count). The summed E-state index contributed by atoms with van der Waals surface area (Å²) in [7, 11) is -3.56. The van der Waals surface area contributed by atoms with Crippen molar-refractivity contribution in [1.29, 1.82) is 0 Å². The van der Waals surface area contributed by atoms with E-state index in [9.17, 15) is 13.2 Å². The molecule has 0 fully saturated rings. The van der Waals surface area contributed by atoms with Gasteiger partial charge in [0.15, 0.2) is 4.34 Å². The molecule has 1 heterocycles. The molecule has 0 bridgehead atoms. The average Bonchev–Trinajstić information content (AvgIpc) is 3.20. The van der Waals surface area contributed by atoms with Crippen LogP contribution in [0.2, 0.25) is 5.02 Å². The van der Waals surface area contributed by atoms with Crippen molar-refractivity contribution >= 4 is 55.8 Å². The molecule has 1 amide bonds. The Bertz CT molecular complexity index is 1150. The van der Waals surface area contributed by atoms with Crippen molar-refractivity contribution in [1.82, 2.24) is 14.5 Å². The first-order valence-corrected chi connectivity index (χ1v) is 13.1. The second-order valence-corrected chi connectivity index (χ2v) is 10.9. The summed E-state index contributed by atoms with van der Waals surface area (Å²) in [5, 5.41) is 11.8. The third kappa shape index (κ3) is 6.05. The summed E-state index contributed by atoms with van der Waals surface area (Å²) in [4.78, 5) is 12.6. The fourth-order valence-corrected chi connectivity index (χ4v) is 6.11. The zero-order valence-corrected chi connectivity index (χ0v) is 20.1. The molecule has 11 heteroatoms. The monoisotopic (exact) mass is 496 g/mol. The van der Waals surface area contributed by atoms with Gasteiger partial charge in [-0.05, 0) is 42.0 Å². The van der Waals surface area contributed by atoms with Crippen LogP contribution in [-0.4, -0.2) is 41.9 Å². The lowest BCUT2D eigenvalue weighted by molar-refractivity contribution is 0.102. The second kappa shape index (κ2) is 10.6. The Morgan fingerprint density at radius 2 is 1.84 bits per heavy atom. The second-order valence-electron chi connectivity index (χ2n) is 6.36. The first-order valence-electron chi connectivity index (χ1n) is 9.45. The number of amides is 1. The number of thioether (sulfide) groups is 1. The van der Waals surface area contributed by atoms with Gasteiger partial charge in [0.25, 0.3) is 5.91 Å². The number of sulfonamides is 1. The maximum atomic E-state index is 12.6. The minimum atomic E-state index is -3.56. The highest BCUT2D eigenvalue weighted by atomic mass is 35.5. The van der Waals surface area contributed by atoms with Crippen LogP contribution < -0.4 is 5.32 Å². The standard InChI is InChI=1S/C20H21ClN4O3S3/c1-3-25(4-2)31(27,28)17-10-8-15(9-11-17)18(26)22-19-23-24-20(30-19)29-13-14-6-5-7-16(21)12-14/h5-12H,3-4,13H2,1-2H3,(H,22,23,26). The molecular weight excluding hydrogens is 476 g/mol. The van der Waals surface area contributed by atoms with E-state index in [4.69, 9.17) is 11.6 Å². The van der Waals surface area contributed by atoms with Crippen molar-refractivity contribution in [2.45, 2.75) is 28.8 Å². The van der Waals surface area contributed by atoms with Gasteiger partial charge < -0.3 is 0 Å². The Kier molecular flexibility index (Phi) is 8.06. The van der Waals surface area contributed by atoms with Crippen LogP contribution in [0, 0.1) is 0 Å². The maximum absolute atomic E-state index is 12.6. The highest BCUT2D eigenvalue weighted by Crippen LogP contribution is 2.29. The number of anilines is 1. The lowest BCUT2D eigenvalue weighted by atomic mass is 10.2. The molecule has 0 unspecified atom stereocenters. The Hall–Kier alpha value is -1.98. The summed E-state index contributed by atoms with van der Waals surface area (Å²) < 4.78 is 27.2. The van der Waals surface area contributed by atoms with Crippen LogP contribution in [0.5, 0.6) is 0 Å². The topological polar surface area (TPSA) is 92.3 Å². The summed E-state index contributed by atoms with van der Waals surface area (Å²) in [5.41, 5.74) is 1.40. The van der Waals surface area contributed by atoms with Crippen LogP contribution in [0.4, 0.5) is 5.13 Å². The Morgan fingerprint density at radius 3 is 2.48 bits per heavy atom. The van der Waals surface area contributed by atoms with Gasteiger partial charge >= 0.3 is 0 Å².